The smallest absolute Gasteiger partial charge is 0.0940 e. The van der Waals surface area contributed by atoms with Gasteiger partial charge in [-0.2, -0.15) is 0 Å². The molecule has 1 aliphatic carbocycles. The molecule has 0 bridgehead atoms. The van der Waals surface area contributed by atoms with Crippen LogP contribution in [-0.2, 0) is 4.74 Å². The molecule has 3 heteroatoms. The molecule has 1 fully saturated rings. The van der Waals surface area contributed by atoms with Crippen LogP contribution in [-0.4, -0.2) is 47.4 Å². The van der Waals surface area contributed by atoms with E-state index in [9.17, 15) is 5.11 Å². The number of aliphatic hydroxyl groups excluding tert-OH is 1. The minimum atomic E-state index is -0.142. The minimum Gasteiger partial charge on any atom is -0.394 e. The number of hydrogen-bond acceptors (Lipinski definition) is 3. The Bertz CT molecular complexity index is 263. The van der Waals surface area contributed by atoms with Gasteiger partial charge in [0.05, 0.1) is 18.3 Å². The lowest BCUT2D eigenvalue weighted by atomic mass is 9.97. The summed E-state index contributed by atoms with van der Waals surface area (Å²) in [4.78, 5) is 2.46. The fraction of sp³-hybridized carbons (Fsp3) is 0.846. The molecule has 2 rings (SSSR count). The lowest BCUT2D eigenvalue weighted by Gasteiger charge is -2.45. The van der Waals surface area contributed by atoms with Crippen molar-refractivity contribution in [1.82, 2.24) is 4.90 Å². The minimum absolute atomic E-state index is 0.0286. The van der Waals surface area contributed by atoms with Crippen LogP contribution >= 0.6 is 0 Å². The Labute approximate surface area is 98.1 Å². The molecule has 1 N–H and O–H groups in total. The second-order valence-electron chi connectivity index (χ2n) is 5.54. The summed E-state index contributed by atoms with van der Waals surface area (Å²) in [7, 11) is 0. The van der Waals surface area contributed by atoms with Gasteiger partial charge >= 0.3 is 0 Å². The van der Waals surface area contributed by atoms with Crippen LogP contribution in [0.5, 0.6) is 0 Å². The van der Waals surface area contributed by atoms with Crippen molar-refractivity contribution in [2.75, 3.05) is 19.7 Å². The maximum Gasteiger partial charge on any atom is 0.0940 e. The Balaban J connectivity index is 2.03. The van der Waals surface area contributed by atoms with Crippen molar-refractivity contribution in [3.63, 3.8) is 0 Å². The molecule has 0 radical (unpaired) electrons. The van der Waals surface area contributed by atoms with Crippen LogP contribution in [0.3, 0.4) is 0 Å². The maximum absolute atomic E-state index is 9.27. The Morgan fingerprint density at radius 1 is 1.50 bits per heavy atom. The third-order valence-corrected chi connectivity index (χ3v) is 3.41. The van der Waals surface area contributed by atoms with Crippen molar-refractivity contribution in [2.45, 2.75) is 50.9 Å². The number of rotatable bonds is 2. The largest absolute Gasteiger partial charge is 0.394 e. The molecule has 1 heterocycles. The summed E-state index contributed by atoms with van der Waals surface area (Å²) in [6.07, 6.45) is 8.31. The molecule has 0 saturated carbocycles. The summed E-state index contributed by atoms with van der Waals surface area (Å²) in [6.45, 7) is 6.15. The predicted molar refractivity (Wildman–Crippen MR) is 64.4 cm³/mol. The van der Waals surface area contributed by atoms with Gasteiger partial charge in [-0.05, 0) is 33.1 Å². The Morgan fingerprint density at radius 2 is 2.31 bits per heavy atom. The molecule has 0 aromatic rings. The quantitative estimate of drug-likeness (QED) is 0.724. The Kier molecular flexibility index (Phi) is 3.67. The first-order valence-corrected chi connectivity index (χ1v) is 6.30. The van der Waals surface area contributed by atoms with Crippen molar-refractivity contribution in [2.24, 2.45) is 0 Å². The summed E-state index contributed by atoms with van der Waals surface area (Å²) in [6, 6.07) is 0.547. The zero-order valence-electron chi connectivity index (χ0n) is 10.4. The third-order valence-electron chi connectivity index (χ3n) is 3.41. The van der Waals surface area contributed by atoms with Gasteiger partial charge in [-0.15, -0.1) is 0 Å². The molecule has 92 valence electrons. The first kappa shape index (κ1) is 12.1. The Morgan fingerprint density at radius 3 is 2.94 bits per heavy atom. The number of nitrogens with zero attached hydrogens (tertiary/aromatic N) is 1. The van der Waals surface area contributed by atoms with Gasteiger partial charge in [0.15, 0.2) is 0 Å². The molecule has 0 amide bonds. The fourth-order valence-electron chi connectivity index (χ4n) is 2.79. The van der Waals surface area contributed by atoms with Crippen molar-refractivity contribution in [1.29, 1.82) is 0 Å². The third kappa shape index (κ3) is 2.84. The molecular formula is C13H23NO2. The highest BCUT2D eigenvalue weighted by molar-refractivity contribution is 5.01. The molecule has 2 atom stereocenters. The van der Waals surface area contributed by atoms with E-state index in [1.165, 1.54) is 19.3 Å². The lowest BCUT2D eigenvalue weighted by molar-refractivity contribution is -0.154. The van der Waals surface area contributed by atoms with E-state index < -0.39 is 0 Å². The SMILES string of the molecule is CC1(C)CN(C2C=CCCC2)CC(CO)O1. The van der Waals surface area contributed by atoms with E-state index in [0.29, 0.717) is 6.04 Å². The molecule has 1 saturated heterocycles. The monoisotopic (exact) mass is 225 g/mol. The number of allylic oxidation sites excluding steroid dienone is 1. The van der Waals surface area contributed by atoms with E-state index in [1.54, 1.807) is 0 Å². The zero-order valence-corrected chi connectivity index (χ0v) is 10.4. The van der Waals surface area contributed by atoms with Crippen LogP contribution in [0, 0.1) is 0 Å². The van der Waals surface area contributed by atoms with E-state index in [1.807, 2.05) is 0 Å². The summed E-state index contributed by atoms with van der Waals surface area (Å²) < 4.78 is 5.83. The van der Waals surface area contributed by atoms with Crippen molar-refractivity contribution >= 4 is 0 Å². The summed E-state index contributed by atoms with van der Waals surface area (Å²) in [5.74, 6) is 0. The zero-order chi connectivity index (χ0) is 11.6. The van der Waals surface area contributed by atoms with Crippen molar-refractivity contribution in [3.8, 4) is 0 Å². The van der Waals surface area contributed by atoms with Gasteiger partial charge in [0.2, 0.25) is 0 Å². The van der Waals surface area contributed by atoms with Gasteiger partial charge in [-0.25, -0.2) is 0 Å². The average molecular weight is 225 g/mol. The highest BCUT2D eigenvalue weighted by atomic mass is 16.5. The van der Waals surface area contributed by atoms with Crippen LogP contribution < -0.4 is 0 Å². The normalized spacial score (nSPS) is 35.2. The number of hydrogen-bond donors (Lipinski definition) is 1. The van der Waals surface area contributed by atoms with Crippen LogP contribution in [0.1, 0.15) is 33.1 Å². The first-order chi connectivity index (χ1) is 7.61. The van der Waals surface area contributed by atoms with E-state index in [2.05, 4.69) is 30.9 Å². The van der Waals surface area contributed by atoms with E-state index in [-0.39, 0.29) is 18.3 Å². The van der Waals surface area contributed by atoms with E-state index in [4.69, 9.17) is 4.74 Å². The molecule has 2 unspecified atom stereocenters. The summed E-state index contributed by atoms with van der Waals surface area (Å²) >= 11 is 0. The molecule has 3 nitrogen and oxygen atoms in total. The van der Waals surface area contributed by atoms with Crippen molar-refractivity contribution < 1.29 is 9.84 Å². The van der Waals surface area contributed by atoms with Gasteiger partial charge in [0, 0.05) is 19.1 Å². The highest BCUT2D eigenvalue weighted by Gasteiger charge is 2.35. The van der Waals surface area contributed by atoms with Gasteiger partial charge in [0.25, 0.3) is 0 Å². The molecule has 0 aromatic heterocycles. The van der Waals surface area contributed by atoms with Crippen molar-refractivity contribution in [3.05, 3.63) is 12.2 Å². The lowest BCUT2D eigenvalue weighted by Crippen LogP contribution is -2.56. The van der Waals surface area contributed by atoms with Gasteiger partial charge in [0.1, 0.15) is 0 Å². The highest BCUT2D eigenvalue weighted by Crippen LogP contribution is 2.26. The standard InChI is InChI=1S/C13H23NO2/c1-13(2)10-14(8-12(9-15)16-13)11-6-4-3-5-7-11/h4,6,11-12,15H,3,5,7-10H2,1-2H3. The average Bonchev–Trinajstić information content (AvgIpc) is 2.28. The van der Waals surface area contributed by atoms with E-state index in [0.717, 1.165) is 13.1 Å². The molecular weight excluding hydrogens is 202 g/mol. The van der Waals surface area contributed by atoms with Gasteiger partial charge in [-0.3, -0.25) is 4.90 Å². The second-order valence-corrected chi connectivity index (χ2v) is 5.54. The number of aliphatic hydroxyl groups is 1. The van der Waals surface area contributed by atoms with Crippen LogP contribution in [0.2, 0.25) is 0 Å². The van der Waals surface area contributed by atoms with Crippen LogP contribution in [0.15, 0.2) is 12.2 Å². The maximum atomic E-state index is 9.27. The molecule has 0 spiro atoms. The Hall–Kier alpha value is -0.380. The predicted octanol–water partition coefficient (Wildman–Crippen LogP) is 1.57. The van der Waals surface area contributed by atoms with E-state index >= 15 is 0 Å². The number of ether oxygens (including phenoxy) is 1. The molecule has 0 aromatic carbocycles. The number of morpholine rings is 1. The summed E-state index contributed by atoms with van der Waals surface area (Å²) in [5, 5.41) is 9.27. The van der Waals surface area contributed by atoms with Gasteiger partial charge in [-0.1, -0.05) is 12.2 Å². The summed E-state index contributed by atoms with van der Waals surface area (Å²) in [5.41, 5.74) is -0.142. The second kappa shape index (κ2) is 4.86. The topological polar surface area (TPSA) is 32.7 Å². The first-order valence-electron chi connectivity index (χ1n) is 6.30. The fourth-order valence-corrected chi connectivity index (χ4v) is 2.79. The van der Waals surface area contributed by atoms with Crippen LogP contribution in [0.25, 0.3) is 0 Å². The van der Waals surface area contributed by atoms with Gasteiger partial charge < -0.3 is 9.84 Å². The molecule has 16 heavy (non-hydrogen) atoms. The van der Waals surface area contributed by atoms with Crippen LogP contribution in [0.4, 0.5) is 0 Å². The molecule has 2 aliphatic rings. The molecule has 1 aliphatic heterocycles.